The van der Waals surface area contributed by atoms with Crippen LogP contribution >= 0.6 is 0 Å². The highest BCUT2D eigenvalue weighted by Gasteiger charge is 2.21. The summed E-state index contributed by atoms with van der Waals surface area (Å²) < 4.78 is 0. The molecule has 0 saturated heterocycles. The second-order valence-electron chi connectivity index (χ2n) is 3.86. The minimum Gasteiger partial charge on any atom is -0.365 e. The summed E-state index contributed by atoms with van der Waals surface area (Å²) in [5.41, 5.74) is 3.85. The summed E-state index contributed by atoms with van der Waals surface area (Å²) in [6.07, 6.45) is 8.42. The molecule has 0 fully saturated rings. The number of hydrogen-bond acceptors (Lipinski definition) is 4. The minimum atomic E-state index is -0.0792. The summed E-state index contributed by atoms with van der Waals surface area (Å²) in [4.78, 5) is 15.6. The van der Waals surface area contributed by atoms with Crippen LogP contribution in [0.25, 0.3) is 0 Å². The van der Waals surface area contributed by atoms with E-state index in [9.17, 15) is 4.79 Å². The molecule has 0 radical (unpaired) electrons. The van der Waals surface area contributed by atoms with Gasteiger partial charge in [0, 0.05) is 36.8 Å². The first-order valence-electron chi connectivity index (χ1n) is 5.71. The summed E-state index contributed by atoms with van der Waals surface area (Å²) in [5, 5.41) is 4.92. The summed E-state index contributed by atoms with van der Waals surface area (Å²) in [6, 6.07) is 3.85. The Kier molecular flexibility index (Phi) is 3.59. The standard InChI is InChI=1S/C12H16N4O/c1-2-4-11(17)15-16-8-7-14-12(16)10-5-3-6-13-9-10/h3,5-9,12,14H,2,4H2,1H3,(H,15,17). The van der Waals surface area contributed by atoms with Crippen molar-refractivity contribution in [3.8, 4) is 0 Å². The van der Waals surface area contributed by atoms with Gasteiger partial charge in [0.25, 0.3) is 0 Å². The van der Waals surface area contributed by atoms with E-state index >= 15 is 0 Å². The molecular formula is C12H16N4O. The quantitative estimate of drug-likeness (QED) is 0.821. The van der Waals surface area contributed by atoms with Crippen LogP contribution in [0.5, 0.6) is 0 Å². The first-order valence-corrected chi connectivity index (χ1v) is 5.71. The second kappa shape index (κ2) is 5.34. The minimum absolute atomic E-state index is 0.0229. The first-order chi connectivity index (χ1) is 8.31. The van der Waals surface area contributed by atoms with Crippen LogP contribution < -0.4 is 10.7 Å². The second-order valence-corrected chi connectivity index (χ2v) is 3.86. The van der Waals surface area contributed by atoms with E-state index in [4.69, 9.17) is 0 Å². The zero-order chi connectivity index (χ0) is 12.1. The molecule has 0 saturated carbocycles. The number of hydrazine groups is 1. The summed E-state index contributed by atoms with van der Waals surface area (Å²) >= 11 is 0. The zero-order valence-corrected chi connectivity index (χ0v) is 9.76. The predicted molar refractivity (Wildman–Crippen MR) is 64.1 cm³/mol. The van der Waals surface area contributed by atoms with Gasteiger partial charge in [-0.15, -0.1) is 0 Å². The Balaban J connectivity index is 2.02. The molecule has 2 heterocycles. The Morgan fingerprint density at radius 3 is 3.24 bits per heavy atom. The fourth-order valence-electron chi connectivity index (χ4n) is 1.70. The van der Waals surface area contributed by atoms with Crippen LogP contribution in [0.3, 0.4) is 0 Å². The van der Waals surface area contributed by atoms with Gasteiger partial charge in [-0.3, -0.25) is 20.2 Å². The number of pyridine rings is 1. The fraction of sp³-hybridized carbons (Fsp3) is 0.333. The van der Waals surface area contributed by atoms with Crippen LogP contribution in [0.1, 0.15) is 31.5 Å². The third kappa shape index (κ3) is 2.75. The lowest BCUT2D eigenvalue weighted by atomic mass is 10.2. The first kappa shape index (κ1) is 11.4. The van der Waals surface area contributed by atoms with E-state index in [1.165, 1.54) is 0 Å². The molecule has 5 heteroatoms. The van der Waals surface area contributed by atoms with Gasteiger partial charge in [0.15, 0.2) is 0 Å². The van der Waals surface area contributed by atoms with Gasteiger partial charge in [0.2, 0.25) is 5.91 Å². The van der Waals surface area contributed by atoms with Gasteiger partial charge < -0.3 is 5.32 Å². The van der Waals surface area contributed by atoms with Gasteiger partial charge >= 0.3 is 0 Å². The third-order valence-corrected chi connectivity index (χ3v) is 2.50. The Bertz CT molecular complexity index is 404. The summed E-state index contributed by atoms with van der Waals surface area (Å²) in [7, 11) is 0. The molecule has 1 amide bonds. The SMILES string of the molecule is CCCC(=O)NN1C=CNC1c1cccnc1. The van der Waals surface area contributed by atoms with Gasteiger partial charge in [-0.25, -0.2) is 0 Å². The number of carbonyl (C=O) groups is 1. The molecule has 1 aromatic rings. The Labute approximate surface area is 101 Å². The van der Waals surface area contributed by atoms with E-state index in [1.54, 1.807) is 17.4 Å². The monoisotopic (exact) mass is 232 g/mol. The highest BCUT2D eigenvalue weighted by Crippen LogP contribution is 2.19. The number of hydrogen-bond donors (Lipinski definition) is 2. The molecule has 0 aliphatic carbocycles. The average Bonchev–Trinajstić information content (AvgIpc) is 2.78. The predicted octanol–water partition coefficient (Wildman–Crippen LogP) is 1.29. The van der Waals surface area contributed by atoms with Crippen molar-refractivity contribution in [3.05, 3.63) is 42.5 Å². The van der Waals surface area contributed by atoms with Crippen molar-refractivity contribution in [3.63, 3.8) is 0 Å². The molecular weight excluding hydrogens is 216 g/mol. The van der Waals surface area contributed by atoms with Crippen molar-refractivity contribution >= 4 is 5.91 Å². The molecule has 17 heavy (non-hydrogen) atoms. The van der Waals surface area contributed by atoms with E-state index < -0.39 is 0 Å². The molecule has 1 aliphatic rings. The van der Waals surface area contributed by atoms with Gasteiger partial charge in [-0.05, 0) is 12.5 Å². The number of rotatable bonds is 4. The van der Waals surface area contributed by atoms with E-state index in [0.29, 0.717) is 6.42 Å². The molecule has 90 valence electrons. The van der Waals surface area contributed by atoms with Gasteiger partial charge in [0.05, 0.1) is 0 Å². The third-order valence-electron chi connectivity index (χ3n) is 2.50. The number of nitrogens with zero attached hydrogens (tertiary/aromatic N) is 2. The summed E-state index contributed by atoms with van der Waals surface area (Å²) in [6.45, 7) is 1.98. The van der Waals surface area contributed by atoms with Crippen LogP contribution in [0.2, 0.25) is 0 Å². The lowest BCUT2D eigenvalue weighted by Crippen LogP contribution is -2.41. The highest BCUT2D eigenvalue weighted by atomic mass is 16.2. The van der Waals surface area contributed by atoms with Crippen molar-refractivity contribution in [2.45, 2.75) is 25.9 Å². The smallest absolute Gasteiger partial charge is 0.238 e. The van der Waals surface area contributed by atoms with Gasteiger partial charge in [0.1, 0.15) is 6.17 Å². The largest absolute Gasteiger partial charge is 0.365 e. The van der Waals surface area contributed by atoms with Crippen LogP contribution in [0.15, 0.2) is 36.9 Å². The van der Waals surface area contributed by atoms with E-state index in [1.807, 2.05) is 31.5 Å². The maximum Gasteiger partial charge on any atom is 0.238 e. The normalized spacial score (nSPS) is 17.9. The molecule has 1 aromatic heterocycles. The van der Waals surface area contributed by atoms with Crippen LogP contribution in [-0.4, -0.2) is 15.9 Å². The van der Waals surface area contributed by atoms with Crippen molar-refractivity contribution in [2.75, 3.05) is 0 Å². The molecule has 1 unspecified atom stereocenters. The number of carbonyl (C=O) groups excluding carboxylic acids is 1. The lowest BCUT2D eigenvalue weighted by Gasteiger charge is -2.25. The van der Waals surface area contributed by atoms with Gasteiger partial charge in [-0.1, -0.05) is 13.0 Å². The van der Waals surface area contributed by atoms with Crippen LogP contribution in [0, 0.1) is 0 Å². The number of nitrogens with one attached hydrogen (secondary N) is 2. The Hall–Kier alpha value is -2.04. The molecule has 0 spiro atoms. The lowest BCUT2D eigenvalue weighted by molar-refractivity contribution is -0.125. The van der Waals surface area contributed by atoms with E-state index in [0.717, 1.165) is 12.0 Å². The summed E-state index contributed by atoms with van der Waals surface area (Å²) in [5.74, 6) is 0.0229. The average molecular weight is 232 g/mol. The maximum atomic E-state index is 11.5. The highest BCUT2D eigenvalue weighted by molar-refractivity contribution is 5.75. The molecule has 1 aliphatic heterocycles. The topological polar surface area (TPSA) is 57.3 Å². The van der Waals surface area contributed by atoms with Crippen molar-refractivity contribution in [2.24, 2.45) is 0 Å². The molecule has 0 bridgehead atoms. The fourth-order valence-corrected chi connectivity index (χ4v) is 1.70. The van der Waals surface area contributed by atoms with E-state index in [2.05, 4.69) is 15.7 Å². The van der Waals surface area contributed by atoms with Crippen molar-refractivity contribution in [1.82, 2.24) is 20.7 Å². The zero-order valence-electron chi connectivity index (χ0n) is 9.76. The van der Waals surface area contributed by atoms with E-state index in [-0.39, 0.29) is 12.1 Å². The van der Waals surface area contributed by atoms with Crippen molar-refractivity contribution < 1.29 is 4.79 Å². The Morgan fingerprint density at radius 2 is 2.53 bits per heavy atom. The van der Waals surface area contributed by atoms with Crippen LogP contribution in [0.4, 0.5) is 0 Å². The van der Waals surface area contributed by atoms with Crippen LogP contribution in [-0.2, 0) is 4.79 Å². The molecule has 2 N–H and O–H groups in total. The van der Waals surface area contributed by atoms with Gasteiger partial charge in [-0.2, -0.15) is 0 Å². The Morgan fingerprint density at radius 1 is 1.65 bits per heavy atom. The number of aromatic nitrogens is 1. The maximum absolute atomic E-state index is 11.5. The molecule has 5 nitrogen and oxygen atoms in total. The van der Waals surface area contributed by atoms with Crippen molar-refractivity contribution in [1.29, 1.82) is 0 Å². The molecule has 2 rings (SSSR count). The molecule has 0 aromatic carbocycles. The molecule has 1 atom stereocenters. The number of amides is 1.